The molecule has 0 unspecified atom stereocenters. The van der Waals surface area contributed by atoms with Gasteiger partial charge in [0, 0.05) is 33.9 Å². The number of aryl methyl sites for hydroxylation is 1. The molecule has 0 aliphatic heterocycles. The molecule has 1 N–H and O–H groups in total. The van der Waals surface area contributed by atoms with E-state index in [4.69, 9.17) is 11.6 Å². The quantitative estimate of drug-likeness (QED) is 0.429. The van der Waals surface area contributed by atoms with Gasteiger partial charge in [-0.25, -0.2) is 0 Å². The number of fused-ring (bicyclic) bond motifs is 1. The van der Waals surface area contributed by atoms with Gasteiger partial charge in [-0.15, -0.1) is 0 Å². The van der Waals surface area contributed by atoms with Gasteiger partial charge in [0.05, 0.1) is 16.1 Å². The van der Waals surface area contributed by atoms with Gasteiger partial charge in [0.1, 0.15) is 0 Å². The molecule has 0 bridgehead atoms. The summed E-state index contributed by atoms with van der Waals surface area (Å²) < 4.78 is 0. The maximum absolute atomic E-state index is 10.9. The minimum Gasteiger partial charge on any atom is -0.502 e. The number of rotatable bonds is 3. The van der Waals surface area contributed by atoms with Crippen molar-refractivity contribution in [1.82, 2.24) is 4.98 Å². The molecule has 0 aliphatic carbocycles. The molecule has 2 aromatic carbocycles. The van der Waals surface area contributed by atoms with E-state index in [1.165, 1.54) is 12.3 Å². The second-order valence-corrected chi connectivity index (χ2v) is 5.64. The first kappa shape index (κ1) is 15.9. The summed E-state index contributed by atoms with van der Waals surface area (Å²) in [6.07, 6.45) is 1.34. The summed E-state index contributed by atoms with van der Waals surface area (Å²) in [7, 11) is 0. The lowest BCUT2D eigenvalue weighted by Gasteiger charge is -2.02. The molecule has 1 aromatic heterocycles. The lowest BCUT2D eigenvalue weighted by Crippen LogP contribution is -1.92. The van der Waals surface area contributed by atoms with E-state index in [2.05, 4.69) is 9.98 Å². The first-order chi connectivity index (χ1) is 11.4. The second-order valence-electron chi connectivity index (χ2n) is 5.21. The van der Waals surface area contributed by atoms with E-state index < -0.39 is 16.4 Å². The highest BCUT2D eigenvalue weighted by atomic mass is 35.5. The molecule has 0 atom stereocenters. The van der Waals surface area contributed by atoms with Gasteiger partial charge in [0.15, 0.2) is 0 Å². The Balaban J connectivity index is 1.99. The Morgan fingerprint density at radius 2 is 2.04 bits per heavy atom. The Bertz CT molecular complexity index is 986. The van der Waals surface area contributed by atoms with Gasteiger partial charge in [0.25, 0.3) is 0 Å². The molecule has 6 nitrogen and oxygen atoms in total. The Labute approximate surface area is 142 Å². The van der Waals surface area contributed by atoms with Crippen molar-refractivity contribution in [2.45, 2.75) is 6.92 Å². The number of nitro groups is 1. The maximum Gasteiger partial charge on any atom is 0.312 e. The highest BCUT2D eigenvalue weighted by Gasteiger charge is 2.17. The zero-order valence-electron chi connectivity index (χ0n) is 12.6. The fourth-order valence-electron chi connectivity index (χ4n) is 2.28. The van der Waals surface area contributed by atoms with Crippen molar-refractivity contribution in [2.24, 2.45) is 4.99 Å². The van der Waals surface area contributed by atoms with Gasteiger partial charge in [-0.1, -0.05) is 17.7 Å². The Hall–Kier alpha value is -2.99. The Morgan fingerprint density at radius 3 is 2.79 bits per heavy atom. The molecule has 0 amide bonds. The average molecular weight is 342 g/mol. The van der Waals surface area contributed by atoms with E-state index in [-0.39, 0.29) is 10.6 Å². The number of hydrogen-bond donors (Lipinski definition) is 1. The number of phenolic OH excluding ortho intramolecular Hbond substituents is 1. The molecule has 0 saturated carbocycles. The zero-order chi connectivity index (χ0) is 17.3. The van der Waals surface area contributed by atoms with Crippen LogP contribution in [0, 0.1) is 17.0 Å². The van der Waals surface area contributed by atoms with Gasteiger partial charge >= 0.3 is 5.69 Å². The topological polar surface area (TPSA) is 88.6 Å². The van der Waals surface area contributed by atoms with Gasteiger partial charge in [-0.3, -0.25) is 20.1 Å². The SMILES string of the molecule is Cc1ccc2cc(N=Cc3cc(Cl)cc([N+](=O)[O-])c3O)ccc2n1. The molecule has 0 aliphatic rings. The lowest BCUT2D eigenvalue weighted by molar-refractivity contribution is -0.385. The average Bonchev–Trinajstić information content (AvgIpc) is 2.55. The summed E-state index contributed by atoms with van der Waals surface area (Å²) >= 11 is 5.86. The number of nitrogens with zero attached hydrogens (tertiary/aromatic N) is 3. The number of phenols is 1. The van der Waals surface area contributed by atoms with E-state index in [0.717, 1.165) is 22.7 Å². The molecule has 3 aromatic rings. The summed E-state index contributed by atoms with van der Waals surface area (Å²) in [5.74, 6) is -0.466. The lowest BCUT2D eigenvalue weighted by atomic mass is 10.1. The molecular weight excluding hydrogens is 330 g/mol. The van der Waals surface area contributed by atoms with Crippen LogP contribution in [0.3, 0.4) is 0 Å². The third-order valence-corrected chi connectivity index (χ3v) is 3.66. The fourth-order valence-corrected chi connectivity index (χ4v) is 2.50. The minimum atomic E-state index is -0.692. The molecule has 3 rings (SSSR count). The first-order valence-corrected chi connectivity index (χ1v) is 7.40. The predicted molar refractivity (Wildman–Crippen MR) is 93.5 cm³/mol. The molecule has 1 heterocycles. The predicted octanol–water partition coefficient (Wildman–Crippen LogP) is 4.56. The second kappa shape index (κ2) is 6.25. The van der Waals surface area contributed by atoms with Gasteiger partial charge in [0.2, 0.25) is 5.75 Å². The highest BCUT2D eigenvalue weighted by Crippen LogP contribution is 2.32. The fraction of sp³-hybridized carbons (Fsp3) is 0.0588. The van der Waals surface area contributed by atoms with E-state index in [0.29, 0.717) is 5.69 Å². The van der Waals surface area contributed by atoms with Crippen LogP contribution in [0.15, 0.2) is 47.5 Å². The van der Waals surface area contributed by atoms with Crippen LogP contribution < -0.4 is 0 Å². The van der Waals surface area contributed by atoms with E-state index >= 15 is 0 Å². The smallest absolute Gasteiger partial charge is 0.312 e. The summed E-state index contributed by atoms with van der Waals surface area (Å²) in [5.41, 5.74) is 2.14. The van der Waals surface area contributed by atoms with Crippen molar-refractivity contribution in [3.8, 4) is 5.75 Å². The zero-order valence-corrected chi connectivity index (χ0v) is 13.4. The third kappa shape index (κ3) is 3.18. The van der Waals surface area contributed by atoms with Crippen LogP contribution in [0.4, 0.5) is 11.4 Å². The molecule has 24 heavy (non-hydrogen) atoms. The van der Waals surface area contributed by atoms with Crippen molar-refractivity contribution in [3.63, 3.8) is 0 Å². The van der Waals surface area contributed by atoms with E-state index in [1.807, 2.05) is 31.2 Å². The minimum absolute atomic E-state index is 0.152. The summed E-state index contributed by atoms with van der Waals surface area (Å²) in [6, 6.07) is 11.8. The molecule has 0 saturated heterocycles. The molecule has 7 heteroatoms. The molecular formula is C17H12ClN3O3. The Kier molecular flexibility index (Phi) is 4.14. The van der Waals surface area contributed by atoms with Crippen LogP contribution >= 0.6 is 11.6 Å². The standard InChI is InChI=1S/C17H12ClN3O3/c1-10-2-3-11-7-14(4-5-15(11)20-10)19-9-12-6-13(18)8-16(17(12)22)21(23)24/h2-9,22H,1H3. The molecule has 0 spiro atoms. The van der Waals surface area contributed by atoms with Crippen LogP contribution in [0.2, 0.25) is 5.02 Å². The van der Waals surface area contributed by atoms with Crippen molar-refractivity contribution < 1.29 is 10.0 Å². The number of aromatic hydroxyl groups is 1. The normalized spacial score (nSPS) is 11.2. The Morgan fingerprint density at radius 1 is 1.25 bits per heavy atom. The number of pyridine rings is 1. The number of hydrogen-bond acceptors (Lipinski definition) is 5. The first-order valence-electron chi connectivity index (χ1n) is 7.02. The van der Waals surface area contributed by atoms with Gasteiger partial charge < -0.3 is 5.11 Å². The van der Waals surface area contributed by atoms with E-state index in [9.17, 15) is 15.2 Å². The summed E-state index contributed by atoms with van der Waals surface area (Å²) in [6.45, 7) is 1.92. The summed E-state index contributed by atoms with van der Waals surface area (Å²) in [4.78, 5) is 18.9. The van der Waals surface area contributed by atoms with Crippen LogP contribution in [-0.4, -0.2) is 21.2 Å². The number of nitro benzene ring substituents is 1. The molecule has 120 valence electrons. The number of halogens is 1. The third-order valence-electron chi connectivity index (χ3n) is 3.45. The number of aromatic nitrogens is 1. The van der Waals surface area contributed by atoms with Crippen molar-refractivity contribution in [2.75, 3.05) is 0 Å². The van der Waals surface area contributed by atoms with Gasteiger partial charge in [-0.2, -0.15) is 0 Å². The van der Waals surface area contributed by atoms with E-state index in [1.54, 1.807) is 6.07 Å². The molecule has 0 radical (unpaired) electrons. The van der Waals surface area contributed by atoms with Gasteiger partial charge in [-0.05, 0) is 37.3 Å². The number of benzene rings is 2. The van der Waals surface area contributed by atoms with Crippen molar-refractivity contribution in [1.29, 1.82) is 0 Å². The summed E-state index contributed by atoms with van der Waals surface area (Å²) in [5, 5.41) is 22.0. The van der Waals surface area contributed by atoms with Crippen LogP contribution in [-0.2, 0) is 0 Å². The largest absolute Gasteiger partial charge is 0.502 e. The maximum atomic E-state index is 10.9. The van der Waals surface area contributed by atoms with Crippen molar-refractivity contribution >= 4 is 40.1 Å². The van der Waals surface area contributed by atoms with Crippen LogP contribution in [0.5, 0.6) is 5.75 Å². The monoisotopic (exact) mass is 341 g/mol. The molecule has 0 fully saturated rings. The van der Waals surface area contributed by atoms with Crippen LogP contribution in [0.25, 0.3) is 10.9 Å². The van der Waals surface area contributed by atoms with Crippen LogP contribution in [0.1, 0.15) is 11.3 Å². The van der Waals surface area contributed by atoms with Crippen molar-refractivity contribution in [3.05, 3.63) is 68.9 Å². The number of aliphatic imine (C=N–C) groups is 1. The highest BCUT2D eigenvalue weighted by molar-refractivity contribution is 6.31.